The van der Waals surface area contributed by atoms with Crippen molar-refractivity contribution in [3.05, 3.63) is 0 Å². The Labute approximate surface area is 90.3 Å². The molecule has 0 fully saturated rings. The van der Waals surface area contributed by atoms with E-state index in [1.54, 1.807) is 0 Å². The second-order valence-electron chi connectivity index (χ2n) is 4.58. The highest BCUT2D eigenvalue weighted by Gasteiger charge is 2.25. The van der Waals surface area contributed by atoms with Gasteiger partial charge in [0.1, 0.15) is 0 Å². The maximum Gasteiger partial charge on any atom is 0.407 e. The molecule has 0 saturated carbocycles. The van der Waals surface area contributed by atoms with Crippen LogP contribution in [0, 0.1) is 0 Å². The van der Waals surface area contributed by atoms with E-state index >= 15 is 0 Å². The highest BCUT2D eigenvalue weighted by atomic mass is 16.4. The monoisotopic (exact) mass is 219 g/mol. The summed E-state index contributed by atoms with van der Waals surface area (Å²) in [6.45, 7) is 5.56. The maximum atomic E-state index is 10.9. The Balaban J connectivity index is 4.05. The number of aliphatic hydroxyl groups excluding tert-OH is 2. The second kappa shape index (κ2) is 5.92. The Morgan fingerprint density at radius 2 is 1.93 bits per heavy atom. The molecule has 0 aliphatic heterocycles. The normalized spacial score (nSPS) is 13.7. The first-order chi connectivity index (χ1) is 6.79. The first-order valence-corrected chi connectivity index (χ1v) is 5.08. The lowest BCUT2D eigenvalue weighted by Crippen LogP contribution is -2.45. The summed E-state index contributed by atoms with van der Waals surface area (Å²) in [7, 11) is 0. The van der Waals surface area contributed by atoms with Gasteiger partial charge < -0.3 is 20.2 Å². The van der Waals surface area contributed by atoms with Crippen molar-refractivity contribution in [2.45, 2.75) is 45.3 Å². The smallest absolute Gasteiger partial charge is 0.407 e. The van der Waals surface area contributed by atoms with Crippen molar-refractivity contribution in [2.75, 3.05) is 13.2 Å². The summed E-state index contributed by atoms with van der Waals surface area (Å²) in [5.41, 5.74) is -0.435. The summed E-state index contributed by atoms with van der Waals surface area (Å²) >= 11 is 0. The molecule has 0 rings (SSSR count). The number of nitrogens with zero attached hydrogens (tertiary/aromatic N) is 1. The molecule has 0 saturated heterocycles. The van der Waals surface area contributed by atoms with Crippen LogP contribution in [-0.2, 0) is 0 Å². The Hall–Kier alpha value is -0.810. The molecule has 0 aliphatic rings. The molecule has 15 heavy (non-hydrogen) atoms. The van der Waals surface area contributed by atoms with E-state index in [0.29, 0.717) is 19.4 Å². The average molecular weight is 219 g/mol. The van der Waals surface area contributed by atoms with Crippen LogP contribution in [0.15, 0.2) is 0 Å². The highest BCUT2D eigenvalue weighted by Crippen LogP contribution is 2.14. The molecule has 0 spiro atoms. The first-order valence-electron chi connectivity index (χ1n) is 5.08. The van der Waals surface area contributed by atoms with E-state index in [0.717, 1.165) is 0 Å². The van der Waals surface area contributed by atoms with Gasteiger partial charge in [-0.2, -0.15) is 0 Å². The standard InChI is InChI=1S/C10H21NO4/c1-10(2,3)11(9(14)15)6-4-5-8(13)7-12/h8,12-13H,4-7H2,1-3H3,(H,14,15)/t8-/m1/s1. The summed E-state index contributed by atoms with van der Waals surface area (Å²) in [4.78, 5) is 12.2. The minimum atomic E-state index is -0.957. The molecule has 5 nitrogen and oxygen atoms in total. The number of carboxylic acid groups (broad SMARTS) is 1. The van der Waals surface area contributed by atoms with Gasteiger partial charge in [0.2, 0.25) is 0 Å². The van der Waals surface area contributed by atoms with Crippen LogP contribution in [0.1, 0.15) is 33.6 Å². The lowest BCUT2D eigenvalue weighted by atomic mass is 10.1. The zero-order valence-corrected chi connectivity index (χ0v) is 9.60. The molecule has 0 bridgehead atoms. The molecule has 1 amide bonds. The molecule has 0 unspecified atom stereocenters. The maximum absolute atomic E-state index is 10.9. The summed E-state index contributed by atoms with van der Waals surface area (Å²) in [6, 6.07) is 0. The van der Waals surface area contributed by atoms with Crippen LogP contribution in [0.5, 0.6) is 0 Å². The van der Waals surface area contributed by atoms with Crippen LogP contribution in [0.2, 0.25) is 0 Å². The van der Waals surface area contributed by atoms with E-state index in [2.05, 4.69) is 0 Å². The predicted octanol–water partition coefficient (Wildman–Crippen LogP) is 0.898. The van der Waals surface area contributed by atoms with Crippen LogP contribution in [-0.4, -0.2) is 51.1 Å². The quantitative estimate of drug-likeness (QED) is 0.641. The topological polar surface area (TPSA) is 81.0 Å². The minimum absolute atomic E-state index is 0.275. The van der Waals surface area contributed by atoms with E-state index in [1.807, 2.05) is 20.8 Å². The van der Waals surface area contributed by atoms with Crippen LogP contribution in [0.3, 0.4) is 0 Å². The van der Waals surface area contributed by atoms with E-state index in [9.17, 15) is 4.79 Å². The minimum Gasteiger partial charge on any atom is -0.465 e. The lowest BCUT2D eigenvalue weighted by Gasteiger charge is -2.33. The van der Waals surface area contributed by atoms with Crippen molar-refractivity contribution in [3.8, 4) is 0 Å². The number of aliphatic hydroxyl groups is 2. The first kappa shape index (κ1) is 14.2. The van der Waals surface area contributed by atoms with Gasteiger partial charge in [-0.25, -0.2) is 4.79 Å². The van der Waals surface area contributed by atoms with E-state index in [-0.39, 0.29) is 6.61 Å². The molecule has 0 heterocycles. The molecular weight excluding hydrogens is 198 g/mol. The molecule has 90 valence electrons. The molecule has 3 N–H and O–H groups in total. The number of hydrogen-bond acceptors (Lipinski definition) is 3. The zero-order valence-electron chi connectivity index (χ0n) is 9.60. The summed E-state index contributed by atoms with van der Waals surface area (Å²) in [5.74, 6) is 0. The van der Waals surface area contributed by atoms with Gasteiger partial charge in [0, 0.05) is 12.1 Å². The van der Waals surface area contributed by atoms with Crippen molar-refractivity contribution < 1.29 is 20.1 Å². The highest BCUT2D eigenvalue weighted by molar-refractivity contribution is 5.65. The van der Waals surface area contributed by atoms with Crippen LogP contribution in [0.4, 0.5) is 4.79 Å². The molecule has 1 atom stereocenters. The van der Waals surface area contributed by atoms with Gasteiger partial charge >= 0.3 is 6.09 Å². The van der Waals surface area contributed by atoms with E-state index in [1.165, 1.54) is 4.90 Å². The van der Waals surface area contributed by atoms with Gasteiger partial charge in [-0.3, -0.25) is 0 Å². The molecule has 0 aromatic heterocycles. The number of carbonyl (C=O) groups is 1. The van der Waals surface area contributed by atoms with Crippen molar-refractivity contribution in [3.63, 3.8) is 0 Å². The number of rotatable bonds is 5. The Bertz CT molecular complexity index is 200. The predicted molar refractivity (Wildman–Crippen MR) is 56.8 cm³/mol. The molecule has 0 radical (unpaired) electrons. The van der Waals surface area contributed by atoms with Gasteiger partial charge in [0.15, 0.2) is 0 Å². The van der Waals surface area contributed by atoms with Crippen molar-refractivity contribution in [1.29, 1.82) is 0 Å². The van der Waals surface area contributed by atoms with Gasteiger partial charge in [0.05, 0.1) is 12.7 Å². The third kappa shape index (κ3) is 5.59. The Morgan fingerprint density at radius 3 is 2.27 bits per heavy atom. The number of hydrogen-bond donors (Lipinski definition) is 3. The summed E-state index contributed by atoms with van der Waals surface area (Å²) in [5, 5.41) is 26.6. The fraction of sp³-hybridized carbons (Fsp3) is 0.900. The van der Waals surface area contributed by atoms with Gasteiger partial charge in [-0.15, -0.1) is 0 Å². The average Bonchev–Trinajstić information content (AvgIpc) is 2.09. The summed E-state index contributed by atoms with van der Waals surface area (Å²) in [6.07, 6.45) is -0.747. The van der Waals surface area contributed by atoms with Crippen LogP contribution in [0.25, 0.3) is 0 Å². The Kier molecular flexibility index (Phi) is 5.60. The largest absolute Gasteiger partial charge is 0.465 e. The van der Waals surface area contributed by atoms with Crippen molar-refractivity contribution in [2.24, 2.45) is 0 Å². The van der Waals surface area contributed by atoms with Gasteiger partial charge in [0.25, 0.3) is 0 Å². The van der Waals surface area contributed by atoms with E-state index < -0.39 is 17.7 Å². The fourth-order valence-corrected chi connectivity index (χ4v) is 1.29. The third-order valence-corrected chi connectivity index (χ3v) is 2.17. The SMILES string of the molecule is CC(C)(C)N(CCC[C@@H](O)CO)C(=O)O. The van der Waals surface area contributed by atoms with E-state index in [4.69, 9.17) is 15.3 Å². The third-order valence-electron chi connectivity index (χ3n) is 2.17. The summed E-state index contributed by atoms with van der Waals surface area (Å²) < 4.78 is 0. The van der Waals surface area contributed by atoms with Gasteiger partial charge in [-0.05, 0) is 33.6 Å². The zero-order chi connectivity index (χ0) is 12.1. The van der Waals surface area contributed by atoms with Crippen LogP contribution < -0.4 is 0 Å². The molecule has 5 heteroatoms. The lowest BCUT2D eigenvalue weighted by molar-refractivity contribution is 0.0726. The van der Waals surface area contributed by atoms with Gasteiger partial charge in [-0.1, -0.05) is 0 Å². The molecule has 0 aliphatic carbocycles. The Morgan fingerprint density at radius 1 is 1.40 bits per heavy atom. The number of amides is 1. The molecule has 0 aromatic rings. The second-order valence-corrected chi connectivity index (χ2v) is 4.58. The van der Waals surface area contributed by atoms with Crippen LogP contribution >= 0.6 is 0 Å². The van der Waals surface area contributed by atoms with Crippen molar-refractivity contribution in [1.82, 2.24) is 4.90 Å². The fourth-order valence-electron chi connectivity index (χ4n) is 1.29. The van der Waals surface area contributed by atoms with Crippen molar-refractivity contribution >= 4 is 6.09 Å². The molecule has 0 aromatic carbocycles. The molecular formula is C10H21NO4.